The number of benzene rings is 2. The molecule has 0 fully saturated rings. The maximum atomic E-state index is 13.2. The summed E-state index contributed by atoms with van der Waals surface area (Å²) in [5, 5.41) is 2.86. The highest BCUT2D eigenvalue weighted by atomic mass is 32.2. The molecule has 8 heteroatoms. The first-order valence-corrected chi connectivity index (χ1v) is 10.0. The quantitative estimate of drug-likeness (QED) is 0.850. The van der Waals surface area contributed by atoms with E-state index in [2.05, 4.69) is 10.0 Å². The average molecular weight is 380 g/mol. The molecule has 2 N–H and O–H groups in total. The number of fused-ring (bicyclic) bond motifs is 1. The molecule has 0 bridgehead atoms. The van der Waals surface area contributed by atoms with Gasteiger partial charge in [-0.25, -0.2) is 12.8 Å². The summed E-state index contributed by atoms with van der Waals surface area (Å²) in [6.45, 7) is 3.57. The molecular formula is C17H17FN2O3S2. The molecule has 0 unspecified atom stereocenters. The smallest absolute Gasteiger partial charge is 0.261 e. The number of carbonyl (C=O) groups excluding carboxylic acids is 1. The zero-order valence-corrected chi connectivity index (χ0v) is 15.3. The predicted molar refractivity (Wildman–Crippen MR) is 97.0 cm³/mol. The van der Waals surface area contributed by atoms with Crippen molar-refractivity contribution >= 4 is 39.1 Å². The van der Waals surface area contributed by atoms with Crippen LogP contribution in [-0.2, 0) is 14.8 Å². The molecule has 2 aromatic rings. The molecule has 1 aliphatic rings. The second kappa shape index (κ2) is 6.68. The van der Waals surface area contributed by atoms with Crippen molar-refractivity contribution in [3.8, 4) is 0 Å². The normalized spacial score (nSPS) is 17.4. The molecule has 0 spiro atoms. The molecular weight excluding hydrogens is 363 g/mol. The lowest BCUT2D eigenvalue weighted by molar-refractivity contribution is -0.116. The minimum Gasteiger partial charge on any atom is -0.325 e. The van der Waals surface area contributed by atoms with Crippen LogP contribution >= 0.6 is 11.8 Å². The molecule has 2 aromatic carbocycles. The van der Waals surface area contributed by atoms with E-state index in [1.165, 1.54) is 42.1 Å². The fraction of sp³-hybridized carbons (Fsp3) is 0.235. The van der Waals surface area contributed by atoms with Crippen molar-refractivity contribution in [1.29, 1.82) is 0 Å². The molecule has 0 aliphatic carbocycles. The van der Waals surface area contributed by atoms with E-state index in [0.717, 1.165) is 4.90 Å². The highest BCUT2D eigenvalue weighted by Gasteiger charge is 2.22. The van der Waals surface area contributed by atoms with Gasteiger partial charge in [0.1, 0.15) is 5.82 Å². The summed E-state index contributed by atoms with van der Waals surface area (Å²) in [6, 6.07) is 8.46. The van der Waals surface area contributed by atoms with E-state index >= 15 is 0 Å². The van der Waals surface area contributed by atoms with Crippen molar-refractivity contribution in [1.82, 2.24) is 0 Å². The van der Waals surface area contributed by atoms with Crippen LogP contribution in [0, 0.1) is 12.7 Å². The number of hydrogen-bond acceptors (Lipinski definition) is 4. The lowest BCUT2D eigenvalue weighted by Gasteiger charge is -2.13. The van der Waals surface area contributed by atoms with Crippen LogP contribution in [0.4, 0.5) is 15.8 Å². The summed E-state index contributed by atoms with van der Waals surface area (Å²) in [5.74, 6) is -0.574. The van der Waals surface area contributed by atoms with Crippen molar-refractivity contribution in [2.75, 3.05) is 10.0 Å². The molecule has 3 rings (SSSR count). The third-order valence-corrected chi connectivity index (χ3v) is 6.31. The Bertz CT molecular complexity index is 945. The fourth-order valence-corrected chi connectivity index (χ4v) is 4.75. The second-order valence-corrected chi connectivity index (χ2v) is 9.07. The Morgan fingerprint density at radius 3 is 2.72 bits per heavy atom. The van der Waals surface area contributed by atoms with Gasteiger partial charge >= 0.3 is 0 Å². The summed E-state index contributed by atoms with van der Waals surface area (Å²) in [7, 11) is -3.86. The van der Waals surface area contributed by atoms with Gasteiger partial charge in [0.05, 0.1) is 16.3 Å². The third kappa shape index (κ3) is 3.96. The number of sulfonamides is 1. The number of halogens is 1. The van der Waals surface area contributed by atoms with Gasteiger partial charge in [0.15, 0.2) is 0 Å². The standard InChI is InChI=1S/C17H17FN2O3S2/c1-10-7-12(18)3-5-14(10)20-25(22,23)13-4-6-16-15(9-13)19-17(21)8-11(2)24-16/h3-7,9,11,20H,8H2,1-2H3,(H,19,21)/t11-/m1/s1. The first-order valence-electron chi connectivity index (χ1n) is 7.64. The number of amides is 1. The maximum Gasteiger partial charge on any atom is 0.261 e. The summed E-state index contributed by atoms with van der Waals surface area (Å²) in [6.07, 6.45) is 0.369. The monoisotopic (exact) mass is 380 g/mol. The zero-order valence-electron chi connectivity index (χ0n) is 13.7. The molecule has 1 atom stereocenters. The van der Waals surface area contributed by atoms with E-state index in [0.29, 0.717) is 23.4 Å². The number of carbonyl (C=O) groups is 1. The first-order chi connectivity index (χ1) is 11.7. The van der Waals surface area contributed by atoms with Crippen molar-refractivity contribution in [3.05, 3.63) is 47.8 Å². The van der Waals surface area contributed by atoms with Crippen LogP contribution in [0.2, 0.25) is 0 Å². The summed E-state index contributed by atoms with van der Waals surface area (Å²) in [5.41, 5.74) is 1.28. The first kappa shape index (κ1) is 17.8. The van der Waals surface area contributed by atoms with Crippen molar-refractivity contribution in [2.45, 2.75) is 35.3 Å². The van der Waals surface area contributed by atoms with Gasteiger partial charge in [-0.1, -0.05) is 6.92 Å². The SMILES string of the molecule is Cc1cc(F)ccc1NS(=O)(=O)c1ccc2c(c1)NC(=O)C[C@@H](C)S2. The topological polar surface area (TPSA) is 75.3 Å². The maximum absolute atomic E-state index is 13.2. The lowest BCUT2D eigenvalue weighted by Crippen LogP contribution is -2.15. The summed E-state index contributed by atoms with van der Waals surface area (Å²) in [4.78, 5) is 12.7. The predicted octanol–water partition coefficient (Wildman–Crippen LogP) is 3.76. The number of rotatable bonds is 3. The van der Waals surface area contributed by atoms with Crippen LogP contribution in [0.1, 0.15) is 18.9 Å². The van der Waals surface area contributed by atoms with E-state index in [1.54, 1.807) is 13.0 Å². The minimum atomic E-state index is -3.86. The Labute approximate surface area is 150 Å². The van der Waals surface area contributed by atoms with Gasteiger partial charge in [-0.3, -0.25) is 9.52 Å². The van der Waals surface area contributed by atoms with Crippen LogP contribution in [-0.4, -0.2) is 19.6 Å². The summed E-state index contributed by atoms with van der Waals surface area (Å²) >= 11 is 1.52. The van der Waals surface area contributed by atoms with Gasteiger partial charge in [-0.15, -0.1) is 11.8 Å². The molecule has 1 heterocycles. The zero-order chi connectivity index (χ0) is 18.2. The minimum absolute atomic E-state index is 0.0328. The van der Waals surface area contributed by atoms with Gasteiger partial charge in [0.2, 0.25) is 5.91 Å². The fourth-order valence-electron chi connectivity index (χ4n) is 2.54. The van der Waals surface area contributed by atoms with Gasteiger partial charge in [0, 0.05) is 16.6 Å². The molecule has 5 nitrogen and oxygen atoms in total. The Hall–Kier alpha value is -2.06. The number of nitrogens with one attached hydrogen (secondary N) is 2. The number of anilines is 2. The second-order valence-electron chi connectivity index (χ2n) is 5.90. The Morgan fingerprint density at radius 1 is 1.24 bits per heavy atom. The van der Waals surface area contributed by atoms with Gasteiger partial charge < -0.3 is 5.32 Å². The van der Waals surface area contributed by atoms with Crippen molar-refractivity contribution in [3.63, 3.8) is 0 Å². The molecule has 0 saturated heterocycles. The van der Waals surface area contributed by atoms with Crippen LogP contribution in [0.15, 0.2) is 46.2 Å². The molecule has 0 radical (unpaired) electrons. The number of hydrogen-bond donors (Lipinski definition) is 2. The number of thioether (sulfide) groups is 1. The molecule has 0 saturated carbocycles. The highest BCUT2D eigenvalue weighted by molar-refractivity contribution is 8.00. The van der Waals surface area contributed by atoms with E-state index in [-0.39, 0.29) is 16.1 Å². The molecule has 1 aliphatic heterocycles. The van der Waals surface area contributed by atoms with Gasteiger partial charge in [-0.05, 0) is 48.9 Å². The van der Waals surface area contributed by atoms with Crippen LogP contribution in [0.3, 0.4) is 0 Å². The van der Waals surface area contributed by atoms with Crippen LogP contribution < -0.4 is 10.0 Å². The Balaban J connectivity index is 1.94. The largest absolute Gasteiger partial charge is 0.325 e. The Morgan fingerprint density at radius 2 is 2.00 bits per heavy atom. The Kier molecular flexibility index (Phi) is 4.75. The van der Waals surface area contributed by atoms with Crippen LogP contribution in [0.25, 0.3) is 0 Å². The van der Waals surface area contributed by atoms with Crippen molar-refractivity contribution in [2.24, 2.45) is 0 Å². The molecule has 25 heavy (non-hydrogen) atoms. The van der Waals surface area contributed by atoms with E-state index < -0.39 is 15.8 Å². The lowest BCUT2D eigenvalue weighted by atomic mass is 10.2. The van der Waals surface area contributed by atoms with Gasteiger partial charge in [0.25, 0.3) is 10.0 Å². The third-order valence-electron chi connectivity index (χ3n) is 3.77. The van der Waals surface area contributed by atoms with Gasteiger partial charge in [-0.2, -0.15) is 0 Å². The van der Waals surface area contributed by atoms with Crippen molar-refractivity contribution < 1.29 is 17.6 Å². The molecule has 0 aromatic heterocycles. The number of aryl methyl sites for hydroxylation is 1. The van der Waals surface area contributed by atoms with E-state index in [9.17, 15) is 17.6 Å². The van der Waals surface area contributed by atoms with E-state index in [4.69, 9.17) is 0 Å². The van der Waals surface area contributed by atoms with E-state index in [1.807, 2.05) is 6.92 Å². The molecule has 1 amide bonds. The van der Waals surface area contributed by atoms with Crippen LogP contribution in [0.5, 0.6) is 0 Å². The average Bonchev–Trinajstić information content (AvgIpc) is 2.65. The summed E-state index contributed by atoms with van der Waals surface area (Å²) < 4.78 is 40.9. The highest BCUT2D eigenvalue weighted by Crippen LogP contribution is 2.36. The molecule has 132 valence electrons.